The maximum absolute atomic E-state index is 12.6. The number of carbonyl (C=O) groups is 2. The second-order valence-corrected chi connectivity index (χ2v) is 5.87. The van der Waals surface area contributed by atoms with Crippen LogP contribution in [0.15, 0.2) is 36.5 Å². The maximum atomic E-state index is 12.6. The van der Waals surface area contributed by atoms with Crippen molar-refractivity contribution in [3.05, 3.63) is 47.8 Å². The molecule has 1 atom stereocenters. The summed E-state index contributed by atoms with van der Waals surface area (Å²) in [6.45, 7) is 2.39. The van der Waals surface area contributed by atoms with Gasteiger partial charge in [0.05, 0.1) is 19.9 Å². The number of aromatic nitrogens is 1. The Hall–Kier alpha value is -2.76. The SMILES string of the molecule is COC(=O)/C=C/N1CCc2c([nH]c3ccccc23)C1(C)C(=O)OC. The summed E-state index contributed by atoms with van der Waals surface area (Å²) >= 11 is 0. The van der Waals surface area contributed by atoms with E-state index in [9.17, 15) is 9.59 Å². The summed E-state index contributed by atoms with van der Waals surface area (Å²) in [6, 6.07) is 7.96. The zero-order valence-corrected chi connectivity index (χ0v) is 14.0. The van der Waals surface area contributed by atoms with Crippen molar-refractivity contribution in [1.29, 1.82) is 0 Å². The third-order valence-electron chi connectivity index (χ3n) is 4.65. The molecular weight excluding hydrogens is 308 g/mol. The van der Waals surface area contributed by atoms with Gasteiger partial charge in [-0.2, -0.15) is 0 Å². The monoisotopic (exact) mass is 328 g/mol. The molecule has 2 aromatic rings. The molecule has 1 aromatic heterocycles. The zero-order valence-electron chi connectivity index (χ0n) is 14.0. The van der Waals surface area contributed by atoms with Gasteiger partial charge in [0, 0.05) is 29.7 Å². The maximum Gasteiger partial charge on any atom is 0.337 e. The Kier molecular flexibility index (Phi) is 4.05. The van der Waals surface area contributed by atoms with Gasteiger partial charge >= 0.3 is 11.9 Å². The third kappa shape index (κ3) is 2.35. The van der Waals surface area contributed by atoms with Gasteiger partial charge in [-0.3, -0.25) is 0 Å². The molecule has 0 saturated heterocycles. The molecule has 0 saturated carbocycles. The molecular formula is C18H20N2O4. The predicted molar refractivity (Wildman–Crippen MR) is 89.2 cm³/mol. The van der Waals surface area contributed by atoms with E-state index in [2.05, 4.69) is 9.72 Å². The smallest absolute Gasteiger partial charge is 0.337 e. The number of hydrogen-bond donors (Lipinski definition) is 1. The van der Waals surface area contributed by atoms with E-state index in [0.717, 1.165) is 28.6 Å². The summed E-state index contributed by atoms with van der Waals surface area (Å²) in [7, 11) is 2.69. The molecule has 6 nitrogen and oxygen atoms in total. The van der Waals surface area contributed by atoms with Crippen molar-refractivity contribution in [1.82, 2.24) is 9.88 Å². The van der Waals surface area contributed by atoms with Gasteiger partial charge < -0.3 is 19.4 Å². The first-order valence-corrected chi connectivity index (χ1v) is 7.73. The van der Waals surface area contributed by atoms with Crippen LogP contribution in [0.25, 0.3) is 10.9 Å². The van der Waals surface area contributed by atoms with Crippen LogP contribution in [0.5, 0.6) is 0 Å². The molecule has 126 valence electrons. The van der Waals surface area contributed by atoms with Gasteiger partial charge in [0.15, 0.2) is 5.54 Å². The highest BCUT2D eigenvalue weighted by Crippen LogP contribution is 2.39. The summed E-state index contributed by atoms with van der Waals surface area (Å²) < 4.78 is 9.70. The van der Waals surface area contributed by atoms with Crippen LogP contribution in [0.2, 0.25) is 0 Å². The lowest BCUT2D eigenvalue weighted by Crippen LogP contribution is -2.52. The number of esters is 2. The van der Waals surface area contributed by atoms with Crippen LogP contribution in [0.3, 0.4) is 0 Å². The summed E-state index contributed by atoms with van der Waals surface area (Å²) in [5.74, 6) is -0.853. The van der Waals surface area contributed by atoms with Crippen LogP contribution >= 0.6 is 0 Å². The molecule has 1 aliphatic rings. The van der Waals surface area contributed by atoms with E-state index >= 15 is 0 Å². The van der Waals surface area contributed by atoms with Gasteiger partial charge in [0.1, 0.15) is 0 Å². The van der Waals surface area contributed by atoms with E-state index in [1.807, 2.05) is 29.2 Å². The number of ether oxygens (including phenoxy) is 2. The molecule has 3 rings (SSSR count). The number of methoxy groups -OCH3 is 2. The largest absolute Gasteiger partial charge is 0.467 e. The zero-order chi connectivity index (χ0) is 17.3. The topological polar surface area (TPSA) is 71.6 Å². The number of H-pyrrole nitrogens is 1. The Morgan fingerprint density at radius 2 is 2.00 bits per heavy atom. The number of para-hydroxylation sites is 1. The Labute approximate surface area is 140 Å². The van der Waals surface area contributed by atoms with Crippen molar-refractivity contribution in [2.24, 2.45) is 0 Å². The lowest BCUT2D eigenvalue weighted by molar-refractivity contribution is -0.154. The number of fused-ring (bicyclic) bond motifs is 3. The van der Waals surface area contributed by atoms with E-state index in [4.69, 9.17) is 4.74 Å². The quantitative estimate of drug-likeness (QED) is 0.690. The van der Waals surface area contributed by atoms with Crippen molar-refractivity contribution in [3.8, 4) is 0 Å². The first-order valence-electron chi connectivity index (χ1n) is 7.73. The van der Waals surface area contributed by atoms with Gasteiger partial charge in [0.25, 0.3) is 0 Å². The molecule has 1 N–H and O–H groups in total. The normalized spacial score (nSPS) is 20.2. The fourth-order valence-corrected chi connectivity index (χ4v) is 3.34. The van der Waals surface area contributed by atoms with E-state index in [1.165, 1.54) is 20.3 Å². The van der Waals surface area contributed by atoms with Gasteiger partial charge in [-0.1, -0.05) is 18.2 Å². The van der Waals surface area contributed by atoms with Crippen LogP contribution < -0.4 is 0 Å². The summed E-state index contributed by atoms with van der Waals surface area (Å²) in [5.41, 5.74) is 1.86. The van der Waals surface area contributed by atoms with E-state index in [-0.39, 0.29) is 5.97 Å². The number of carbonyl (C=O) groups excluding carboxylic acids is 2. The van der Waals surface area contributed by atoms with E-state index in [1.54, 1.807) is 13.1 Å². The average Bonchev–Trinajstić information content (AvgIpc) is 3.00. The molecule has 24 heavy (non-hydrogen) atoms. The van der Waals surface area contributed by atoms with Gasteiger partial charge in [-0.15, -0.1) is 0 Å². The molecule has 0 aliphatic carbocycles. The summed E-state index contributed by atoms with van der Waals surface area (Å²) in [4.78, 5) is 29.2. The molecule has 0 amide bonds. The van der Waals surface area contributed by atoms with Crippen LogP contribution in [0.1, 0.15) is 18.2 Å². The molecule has 0 spiro atoms. The lowest BCUT2D eigenvalue weighted by Gasteiger charge is -2.41. The molecule has 1 aliphatic heterocycles. The van der Waals surface area contributed by atoms with Gasteiger partial charge in [-0.05, 0) is 25.0 Å². The van der Waals surface area contributed by atoms with Crippen LogP contribution in [0, 0.1) is 0 Å². The number of benzene rings is 1. The number of nitrogens with zero attached hydrogens (tertiary/aromatic N) is 1. The van der Waals surface area contributed by atoms with E-state index < -0.39 is 11.5 Å². The van der Waals surface area contributed by atoms with Crippen LogP contribution in [-0.2, 0) is 31.0 Å². The Bertz CT molecular complexity index is 824. The van der Waals surface area contributed by atoms with Crippen molar-refractivity contribution in [2.45, 2.75) is 18.9 Å². The minimum absolute atomic E-state index is 0.385. The highest BCUT2D eigenvalue weighted by Gasteiger charge is 2.46. The highest BCUT2D eigenvalue weighted by molar-refractivity contribution is 5.90. The van der Waals surface area contributed by atoms with Crippen LogP contribution in [0.4, 0.5) is 0 Å². The Morgan fingerprint density at radius 1 is 1.25 bits per heavy atom. The Balaban J connectivity index is 2.14. The minimum atomic E-state index is -1.04. The standard InChI is InChI=1S/C18H20N2O4/c1-18(17(22)24-3)16-13(12-6-4-5-7-14(12)19-16)8-10-20(18)11-9-15(21)23-2/h4-7,9,11,19H,8,10H2,1-3H3/b11-9+. The summed E-state index contributed by atoms with van der Waals surface area (Å²) in [5, 5.41) is 1.11. The second kappa shape index (κ2) is 6.03. The molecule has 1 aromatic carbocycles. The van der Waals surface area contributed by atoms with Crippen LogP contribution in [-0.4, -0.2) is 42.6 Å². The Morgan fingerprint density at radius 3 is 2.71 bits per heavy atom. The lowest BCUT2D eigenvalue weighted by atomic mass is 9.86. The minimum Gasteiger partial charge on any atom is -0.467 e. The van der Waals surface area contributed by atoms with Gasteiger partial charge in [0.2, 0.25) is 0 Å². The number of nitrogens with one attached hydrogen (secondary N) is 1. The fourth-order valence-electron chi connectivity index (χ4n) is 3.34. The molecule has 1 unspecified atom stereocenters. The number of rotatable bonds is 3. The van der Waals surface area contributed by atoms with Gasteiger partial charge in [-0.25, -0.2) is 9.59 Å². The number of hydrogen-bond acceptors (Lipinski definition) is 5. The third-order valence-corrected chi connectivity index (χ3v) is 4.65. The van der Waals surface area contributed by atoms with Crippen molar-refractivity contribution in [2.75, 3.05) is 20.8 Å². The molecule has 0 radical (unpaired) electrons. The number of aromatic amines is 1. The average molecular weight is 328 g/mol. The first kappa shape index (κ1) is 16.1. The molecule has 6 heteroatoms. The molecule has 0 bridgehead atoms. The van der Waals surface area contributed by atoms with E-state index in [0.29, 0.717) is 6.54 Å². The summed E-state index contributed by atoms with van der Waals surface area (Å²) in [6.07, 6.45) is 3.67. The molecule has 2 heterocycles. The van der Waals surface area contributed by atoms with Crippen molar-refractivity contribution < 1.29 is 19.1 Å². The van der Waals surface area contributed by atoms with Crippen molar-refractivity contribution >= 4 is 22.8 Å². The second-order valence-electron chi connectivity index (χ2n) is 5.87. The highest BCUT2D eigenvalue weighted by atomic mass is 16.5. The fraction of sp³-hybridized carbons (Fsp3) is 0.333. The predicted octanol–water partition coefficient (Wildman–Crippen LogP) is 2.10. The first-order chi connectivity index (χ1) is 11.5. The van der Waals surface area contributed by atoms with Crippen molar-refractivity contribution in [3.63, 3.8) is 0 Å². The molecule has 0 fully saturated rings.